The van der Waals surface area contributed by atoms with E-state index in [1.54, 1.807) is 11.0 Å². The van der Waals surface area contributed by atoms with Crippen molar-refractivity contribution >= 4 is 17.4 Å². The Hall–Kier alpha value is -3.08. The number of aliphatic hydroxyl groups excluding tert-OH is 1. The number of Topliss-reactive ketones (excluding diaryl/α,β-unsaturated/α-hetero) is 1. The van der Waals surface area contributed by atoms with Crippen LogP contribution < -0.4 is 4.74 Å². The molecule has 0 aliphatic carbocycles. The van der Waals surface area contributed by atoms with Gasteiger partial charge in [0.25, 0.3) is 11.7 Å². The summed E-state index contributed by atoms with van der Waals surface area (Å²) in [5, 5.41) is 11.5. The molecule has 1 N–H and O–H groups in total. The predicted molar refractivity (Wildman–Crippen MR) is 127 cm³/mol. The monoisotopic (exact) mass is 435 g/mol. The number of hydrogen-bond donors (Lipinski definition) is 1. The fourth-order valence-corrected chi connectivity index (χ4v) is 4.16. The van der Waals surface area contributed by atoms with Crippen molar-refractivity contribution in [2.75, 3.05) is 13.7 Å². The number of methoxy groups -OCH3 is 1. The number of unbranched alkanes of at least 4 members (excludes halogenated alkanes) is 1. The third-order valence-corrected chi connectivity index (χ3v) is 6.10. The fraction of sp³-hybridized carbons (Fsp3) is 0.407. The van der Waals surface area contributed by atoms with Gasteiger partial charge in [0.1, 0.15) is 11.5 Å². The minimum absolute atomic E-state index is 0.116. The van der Waals surface area contributed by atoms with Crippen LogP contribution in [0.3, 0.4) is 0 Å². The average Bonchev–Trinajstić information content (AvgIpc) is 3.01. The molecule has 1 fully saturated rings. The first-order chi connectivity index (χ1) is 15.1. The molecule has 2 aromatic rings. The number of carbonyl (C=O) groups is 2. The van der Waals surface area contributed by atoms with Crippen LogP contribution in [0.5, 0.6) is 5.75 Å². The van der Waals surface area contributed by atoms with Gasteiger partial charge in [-0.15, -0.1) is 0 Å². The third-order valence-electron chi connectivity index (χ3n) is 6.10. The normalized spacial score (nSPS) is 18.3. The molecule has 0 bridgehead atoms. The van der Waals surface area contributed by atoms with E-state index in [0.717, 1.165) is 29.5 Å². The van der Waals surface area contributed by atoms with Crippen LogP contribution in [0.1, 0.15) is 68.8 Å². The molecule has 0 spiro atoms. The van der Waals surface area contributed by atoms with E-state index in [2.05, 4.69) is 20.8 Å². The maximum absolute atomic E-state index is 13.2. The first-order valence-corrected chi connectivity index (χ1v) is 11.1. The lowest BCUT2D eigenvalue weighted by Crippen LogP contribution is -2.30. The van der Waals surface area contributed by atoms with Gasteiger partial charge in [-0.25, -0.2) is 0 Å². The molecular formula is C27H33NO4. The molecule has 1 aliphatic heterocycles. The Morgan fingerprint density at radius 1 is 1.12 bits per heavy atom. The number of ether oxygens (including phenoxy) is 1. The topological polar surface area (TPSA) is 66.8 Å². The van der Waals surface area contributed by atoms with E-state index >= 15 is 0 Å². The van der Waals surface area contributed by atoms with Crippen molar-refractivity contribution in [2.45, 2.75) is 58.9 Å². The minimum Gasteiger partial charge on any atom is -0.507 e. The minimum atomic E-state index is -0.657. The summed E-state index contributed by atoms with van der Waals surface area (Å²) in [7, 11) is 1.53. The van der Waals surface area contributed by atoms with E-state index in [0.29, 0.717) is 17.9 Å². The van der Waals surface area contributed by atoms with Crippen molar-refractivity contribution in [1.82, 2.24) is 4.90 Å². The summed E-state index contributed by atoms with van der Waals surface area (Å²) in [6, 6.07) is 12.7. The third kappa shape index (κ3) is 4.29. The first kappa shape index (κ1) is 23.6. The van der Waals surface area contributed by atoms with Crippen molar-refractivity contribution in [3.63, 3.8) is 0 Å². The Balaban J connectivity index is 2.28. The molecule has 2 aromatic carbocycles. The van der Waals surface area contributed by atoms with Crippen LogP contribution in [-0.2, 0) is 15.0 Å². The summed E-state index contributed by atoms with van der Waals surface area (Å²) in [6.45, 7) is 10.7. The zero-order valence-corrected chi connectivity index (χ0v) is 19.9. The van der Waals surface area contributed by atoms with Crippen LogP contribution in [0.2, 0.25) is 0 Å². The van der Waals surface area contributed by atoms with Gasteiger partial charge in [-0.1, -0.05) is 64.4 Å². The van der Waals surface area contributed by atoms with Crippen molar-refractivity contribution < 1.29 is 19.4 Å². The molecule has 1 unspecified atom stereocenters. The summed E-state index contributed by atoms with van der Waals surface area (Å²) >= 11 is 0. The van der Waals surface area contributed by atoms with E-state index in [1.807, 2.05) is 50.2 Å². The van der Waals surface area contributed by atoms with E-state index in [4.69, 9.17) is 4.74 Å². The summed E-state index contributed by atoms with van der Waals surface area (Å²) in [6.07, 6.45) is 1.67. The van der Waals surface area contributed by atoms with Crippen LogP contribution >= 0.6 is 0 Å². The summed E-state index contributed by atoms with van der Waals surface area (Å²) in [5.41, 5.74) is 3.17. The number of ketones is 1. The molecule has 1 heterocycles. The maximum Gasteiger partial charge on any atom is 0.295 e. The molecule has 5 heteroatoms. The number of aryl methyl sites for hydroxylation is 1. The average molecular weight is 436 g/mol. The Morgan fingerprint density at radius 3 is 2.41 bits per heavy atom. The number of nitrogens with zero attached hydrogens (tertiary/aromatic N) is 1. The largest absolute Gasteiger partial charge is 0.507 e. The Kier molecular flexibility index (Phi) is 6.77. The molecule has 1 amide bonds. The van der Waals surface area contributed by atoms with Crippen molar-refractivity contribution in [2.24, 2.45) is 0 Å². The lowest BCUT2D eigenvalue weighted by molar-refractivity contribution is -0.139. The van der Waals surface area contributed by atoms with E-state index in [-0.39, 0.29) is 16.7 Å². The van der Waals surface area contributed by atoms with Gasteiger partial charge in [-0.2, -0.15) is 0 Å². The van der Waals surface area contributed by atoms with Crippen molar-refractivity contribution in [3.05, 3.63) is 70.3 Å². The summed E-state index contributed by atoms with van der Waals surface area (Å²) in [4.78, 5) is 27.9. The standard InChI is InChI=1S/C27H33NO4/c1-7-8-15-28-23(19-12-10-9-11-17(19)2)22(25(30)26(28)31)24(29)20-16-18(27(3,4)5)13-14-21(20)32-6/h9-14,16,23,29H,7-8,15H2,1-6H3/b24-22+. The number of hydrogen-bond acceptors (Lipinski definition) is 4. The van der Waals surface area contributed by atoms with Crippen LogP contribution in [-0.4, -0.2) is 35.4 Å². The predicted octanol–water partition coefficient (Wildman–Crippen LogP) is 5.52. The fourth-order valence-electron chi connectivity index (χ4n) is 4.16. The van der Waals surface area contributed by atoms with Gasteiger partial charge >= 0.3 is 0 Å². The molecule has 1 atom stereocenters. The van der Waals surface area contributed by atoms with Crippen LogP contribution in [0, 0.1) is 6.92 Å². The second-order valence-corrected chi connectivity index (χ2v) is 9.37. The Bertz CT molecular complexity index is 1060. The summed E-state index contributed by atoms with van der Waals surface area (Å²) in [5.74, 6) is -0.966. The van der Waals surface area contributed by atoms with E-state index in [1.165, 1.54) is 7.11 Å². The molecule has 1 saturated heterocycles. The van der Waals surface area contributed by atoms with Gasteiger partial charge in [-0.3, -0.25) is 9.59 Å². The van der Waals surface area contributed by atoms with Gasteiger partial charge in [0, 0.05) is 6.54 Å². The quantitative estimate of drug-likeness (QED) is 0.368. The summed E-state index contributed by atoms with van der Waals surface area (Å²) < 4.78 is 5.51. The van der Waals surface area contributed by atoms with Gasteiger partial charge in [0.2, 0.25) is 0 Å². The highest BCUT2D eigenvalue weighted by molar-refractivity contribution is 6.46. The highest BCUT2D eigenvalue weighted by atomic mass is 16.5. The molecule has 0 aromatic heterocycles. The van der Waals surface area contributed by atoms with E-state index < -0.39 is 17.7 Å². The zero-order chi connectivity index (χ0) is 23.6. The highest BCUT2D eigenvalue weighted by Crippen LogP contribution is 2.42. The smallest absolute Gasteiger partial charge is 0.295 e. The van der Waals surface area contributed by atoms with E-state index in [9.17, 15) is 14.7 Å². The van der Waals surface area contributed by atoms with Crippen molar-refractivity contribution in [1.29, 1.82) is 0 Å². The molecule has 0 radical (unpaired) electrons. The van der Waals surface area contributed by atoms with Crippen molar-refractivity contribution in [3.8, 4) is 5.75 Å². The molecule has 1 aliphatic rings. The molecule has 0 saturated carbocycles. The zero-order valence-electron chi connectivity index (χ0n) is 19.9. The van der Waals surface area contributed by atoms with Crippen LogP contribution in [0.25, 0.3) is 5.76 Å². The molecule has 3 rings (SSSR count). The lowest BCUT2D eigenvalue weighted by atomic mass is 9.85. The highest BCUT2D eigenvalue weighted by Gasteiger charge is 2.46. The molecule has 170 valence electrons. The second kappa shape index (κ2) is 9.19. The number of amides is 1. The first-order valence-electron chi connectivity index (χ1n) is 11.1. The second-order valence-electron chi connectivity index (χ2n) is 9.37. The van der Waals surface area contributed by atoms with Gasteiger partial charge in [0.05, 0.1) is 24.3 Å². The van der Waals surface area contributed by atoms with Gasteiger partial charge < -0.3 is 14.7 Å². The SMILES string of the molecule is CCCCN1C(=O)C(=O)/C(=C(/O)c2cc(C(C)(C)C)ccc2OC)C1c1ccccc1C. The number of carbonyl (C=O) groups excluding carboxylic acids is 2. The number of aliphatic hydroxyl groups is 1. The molecule has 32 heavy (non-hydrogen) atoms. The maximum atomic E-state index is 13.2. The number of likely N-dealkylation sites (tertiary alicyclic amines) is 1. The Morgan fingerprint density at radius 2 is 1.81 bits per heavy atom. The lowest BCUT2D eigenvalue weighted by Gasteiger charge is -2.27. The number of rotatable bonds is 6. The molecular weight excluding hydrogens is 402 g/mol. The van der Waals surface area contributed by atoms with Gasteiger partial charge in [-0.05, 0) is 47.6 Å². The Labute approximate surface area is 190 Å². The molecule has 5 nitrogen and oxygen atoms in total. The van der Waals surface area contributed by atoms with Crippen LogP contribution in [0.4, 0.5) is 0 Å². The van der Waals surface area contributed by atoms with Gasteiger partial charge in [0.15, 0.2) is 0 Å². The number of benzene rings is 2. The van der Waals surface area contributed by atoms with Crippen LogP contribution in [0.15, 0.2) is 48.0 Å².